The van der Waals surface area contributed by atoms with Crippen molar-refractivity contribution in [3.8, 4) is 17.1 Å². The summed E-state index contributed by atoms with van der Waals surface area (Å²) in [5.41, 5.74) is 1.93. The van der Waals surface area contributed by atoms with Gasteiger partial charge in [-0.1, -0.05) is 12.1 Å². The molecule has 3 aromatic rings. The number of likely N-dealkylation sites (tertiary alicyclic amines) is 1. The van der Waals surface area contributed by atoms with Gasteiger partial charge in [-0.3, -0.25) is 4.79 Å². The van der Waals surface area contributed by atoms with Gasteiger partial charge in [0.05, 0.1) is 0 Å². The lowest BCUT2D eigenvalue weighted by Crippen LogP contribution is -2.37. The predicted molar refractivity (Wildman–Crippen MR) is 100 cm³/mol. The standard InChI is InChI=1S/C22H20FNO3/c23-18-5-1-17(2-6-18)20-9-10-21(27-20)22(26)24-13-11-16(12-14-24)15-3-7-19(25)8-4-15/h1-10,16,25H,11-14H2. The Morgan fingerprint density at radius 3 is 2.30 bits per heavy atom. The van der Waals surface area contributed by atoms with E-state index in [1.165, 1.54) is 17.7 Å². The monoisotopic (exact) mass is 365 g/mol. The summed E-state index contributed by atoms with van der Waals surface area (Å²) < 4.78 is 18.8. The van der Waals surface area contributed by atoms with Crippen LogP contribution in [0.3, 0.4) is 0 Å². The summed E-state index contributed by atoms with van der Waals surface area (Å²) in [4.78, 5) is 14.5. The number of carbonyl (C=O) groups is 1. The molecule has 0 radical (unpaired) electrons. The number of benzene rings is 2. The van der Waals surface area contributed by atoms with E-state index in [4.69, 9.17) is 4.42 Å². The minimum Gasteiger partial charge on any atom is -0.508 e. The first-order chi connectivity index (χ1) is 13.1. The van der Waals surface area contributed by atoms with Crippen LogP contribution in [0.15, 0.2) is 65.1 Å². The second kappa shape index (κ2) is 7.27. The summed E-state index contributed by atoms with van der Waals surface area (Å²) in [6, 6.07) is 16.7. The summed E-state index contributed by atoms with van der Waals surface area (Å²) in [7, 11) is 0. The zero-order valence-electron chi connectivity index (χ0n) is 14.8. The fourth-order valence-electron chi connectivity index (χ4n) is 3.54. The number of phenols is 1. The van der Waals surface area contributed by atoms with Crippen molar-refractivity contribution in [2.24, 2.45) is 0 Å². The smallest absolute Gasteiger partial charge is 0.289 e. The van der Waals surface area contributed by atoms with Gasteiger partial charge in [0.15, 0.2) is 5.76 Å². The number of rotatable bonds is 3. The topological polar surface area (TPSA) is 53.7 Å². The molecule has 0 spiro atoms. The lowest BCUT2D eigenvalue weighted by molar-refractivity contribution is 0.0681. The fourth-order valence-corrected chi connectivity index (χ4v) is 3.54. The molecule has 27 heavy (non-hydrogen) atoms. The molecule has 1 fully saturated rings. The molecule has 1 amide bonds. The second-order valence-corrected chi connectivity index (χ2v) is 6.83. The van der Waals surface area contributed by atoms with Crippen molar-refractivity contribution in [3.63, 3.8) is 0 Å². The Labute approximate surface area is 156 Å². The zero-order valence-corrected chi connectivity index (χ0v) is 14.8. The molecule has 0 atom stereocenters. The van der Waals surface area contributed by atoms with E-state index in [0.717, 1.165) is 18.4 Å². The first-order valence-electron chi connectivity index (χ1n) is 9.04. The van der Waals surface area contributed by atoms with Gasteiger partial charge in [-0.2, -0.15) is 0 Å². The zero-order chi connectivity index (χ0) is 18.8. The first kappa shape index (κ1) is 17.3. The van der Waals surface area contributed by atoms with Gasteiger partial charge < -0.3 is 14.4 Å². The number of piperidine rings is 1. The van der Waals surface area contributed by atoms with Crippen LogP contribution in [0.5, 0.6) is 5.75 Å². The molecule has 0 unspecified atom stereocenters. The summed E-state index contributed by atoms with van der Waals surface area (Å²) in [5, 5.41) is 9.41. The molecule has 1 aliphatic rings. The third-order valence-electron chi connectivity index (χ3n) is 5.09. The van der Waals surface area contributed by atoms with E-state index < -0.39 is 0 Å². The van der Waals surface area contributed by atoms with Crippen molar-refractivity contribution >= 4 is 5.91 Å². The maximum absolute atomic E-state index is 13.0. The van der Waals surface area contributed by atoms with Gasteiger partial charge in [-0.25, -0.2) is 4.39 Å². The summed E-state index contributed by atoms with van der Waals surface area (Å²) in [5.74, 6) is 1.09. The number of carbonyl (C=O) groups excluding carboxylic acids is 1. The molecule has 0 aliphatic carbocycles. The molecule has 138 valence electrons. The largest absolute Gasteiger partial charge is 0.508 e. The quantitative estimate of drug-likeness (QED) is 0.725. The van der Waals surface area contributed by atoms with Crippen LogP contribution < -0.4 is 0 Å². The average molecular weight is 365 g/mol. The molecule has 0 bridgehead atoms. The lowest BCUT2D eigenvalue weighted by Gasteiger charge is -2.31. The Morgan fingerprint density at radius 1 is 0.963 bits per heavy atom. The number of phenolic OH excluding ortho intramolecular Hbond substituents is 1. The fraction of sp³-hybridized carbons (Fsp3) is 0.227. The van der Waals surface area contributed by atoms with E-state index in [-0.39, 0.29) is 17.5 Å². The second-order valence-electron chi connectivity index (χ2n) is 6.83. The molecule has 1 aromatic heterocycles. The molecular weight excluding hydrogens is 345 g/mol. The number of hydrogen-bond acceptors (Lipinski definition) is 3. The van der Waals surface area contributed by atoms with Crippen molar-refractivity contribution in [2.45, 2.75) is 18.8 Å². The predicted octanol–water partition coefficient (Wildman–Crippen LogP) is 4.81. The highest BCUT2D eigenvalue weighted by Gasteiger charge is 2.26. The SMILES string of the molecule is O=C(c1ccc(-c2ccc(F)cc2)o1)N1CCC(c2ccc(O)cc2)CC1. The molecule has 1 N–H and O–H groups in total. The number of halogens is 1. The normalized spacial score (nSPS) is 15.1. The molecule has 0 saturated carbocycles. The molecule has 1 saturated heterocycles. The van der Waals surface area contributed by atoms with Crippen molar-refractivity contribution < 1.29 is 18.7 Å². The van der Waals surface area contributed by atoms with Crippen LogP contribution in [0, 0.1) is 5.82 Å². The highest BCUT2D eigenvalue weighted by molar-refractivity contribution is 5.92. The molecular formula is C22H20FNO3. The Bertz CT molecular complexity index is 923. The van der Waals surface area contributed by atoms with Gasteiger partial charge >= 0.3 is 0 Å². The van der Waals surface area contributed by atoms with Crippen molar-refractivity contribution in [2.75, 3.05) is 13.1 Å². The van der Waals surface area contributed by atoms with Crippen LogP contribution in [0.25, 0.3) is 11.3 Å². The van der Waals surface area contributed by atoms with Crippen molar-refractivity contribution in [3.05, 3.63) is 77.8 Å². The van der Waals surface area contributed by atoms with E-state index in [9.17, 15) is 14.3 Å². The number of amides is 1. The van der Waals surface area contributed by atoms with E-state index in [0.29, 0.717) is 30.5 Å². The van der Waals surface area contributed by atoms with Gasteiger partial charge in [-0.05, 0) is 72.9 Å². The van der Waals surface area contributed by atoms with Gasteiger partial charge in [0, 0.05) is 18.7 Å². The van der Waals surface area contributed by atoms with Gasteiger partial charge in [0.2, 0.25) is 0 Å². The average Bonchev–Trinajstić information content (AvgIpc) is 3.19. The minimum absolute atomic E-state index is 0.118. The highest BCUT2D eigenvalue weighted by atomic mass is 19.1. The van der Waals surface area contributed by atoms with Crippen LogP contribution in [-0.4, -0.2) is 29.0 Å². The molecule has 5 heteroatoms. The van der Waals surface area contributed by atoms with Gasteiger partial charge in [0.1, 0.15) is 17.3 Å². The van der Waals surface area contributed by atoms with Crippen LogP contribution in [0.4, 0.5) is 4.39 Å². The summed E-state index contributed by atoms with van der Waals surface area (Å²) in [6.07, 6.45) is 1.75. The Hall–Kier alpha value is -3.08. The van der Waals surface area contributed by atoms with Crippen LogP contribution >= 0.6 is 0 Å². The third-order valence-corrected chi connectivity index (χ3v) is 5.09. The summed E-state index contributed by atoms with van der Waals surface area (Å²) in [6.45, 7) is 1.33. The maximum atomic E-state index is 13.0. The van der Waals surface area contributed by atoms with E-state index in [1.807, 2.05) is 17.0 Å². The maximum Gasteiger partial charge on any atom is 0.289 e. The Balaban J connectivity index is 1.41. The number of aromatic hydroxyl groups is 1. The molecule has 2 aromatic carbocycles. The van der Waals surface area contributed by atoms with E-state index >= 15 is 0 Å². The van der Waals surface area contributed by atoms with Crippen LogP contribution in [-0.2, 0) is 0 Å². The molecule has 4 nitrogen and oxygen atoms in total. The van der Waals surface area contributed by atoms with Crippen LogP contribution in [0.1, 0.15) is 34.9 Å². The molecule has 4 rings (SSSR count). The van der Waals surface area contributed by atoms with E-state index in [2.05, 4.69) is 0 Å². The third kappa shape index (κ3) is 3.72. The van der Waals surface area contributed by atoms with Crippen molar-refractivity contribution in [1.29, 1.82) is 0 Å². The number of nitrogens with zero attached hydrogens (tertiary/aromatic N) is 1. The minimum atomic E-state index is -0.307. The van der Waals surface area contributed by atoms with Gasteiger partial charge in [0.25, 0.3) is 5.91 Å². The summed E-state index contributed by atoms with van der Waals surface area (Å²) >= 11 is 0. The first-order valence-corrected chi connectivity index (χ1v) is 9.04. The van der Waals surface area contributed by atoms with Crippen LogP contribution in [0.2, 0.25) is 0 Å². The number of furan rings is 1. The highest BCUT2D eigenvalue weighted by Crippen LogP contribution is 2.30. The number of hydrogen-bond donors (Lipinski definition) is 1. The van der Waals surface area contributed by atoms with Gasteiger partial charge in [-0.15, -0.1) is 0 Å². The molecule has 2 heterocycles. The van der Waals surface area contributed by atoms with Crippen molar-refractivity contribution in [1.82, 2.24) is 4.90 Å². The molecule has 1 aliphatic heterocycles. The Morgan fingerprint density at radius 2 is 1.63 bits per heavy atom. The lowest BCUT2D eigenvalue weighted by atomic mass is 9.89. The van der Waals surface area contributed by atoms with E-state index in [1.54, 1.807) is 36.4 Å². The Kier molecular flexibility index (Phi) is 4.67.